The molecule has 0 unspecified atom stereocenters. The zero-order valence-electron chi connectivity index (χ0n) is 11.0. The minimum atomic E-state index is 0.208. The monoisotopic (exact) mass is 252 g/mol. The molecule has 96 valence electrons. The molecule has 2 nitrogen and oxygen atoms in total. The first-order chi connectivity index (χ1) is 9.09. The second-order valence-electron chi connectivity index (χ2n) is 5.19. The molecule has 0 amide bonds. The van der Waals surface area contributed by atoms with E-state index < -0.39 is 0 Å². The number of benzene rings is 3. The van der Waals surface area contributed by atoms with Crippen LogP contribution in [0.5, 0.6) is 11.5 Å². The van der Waals surface area contributed by atoms with Gasteiger partial charge < -0.3 is 10.2 Å². The van der Waals surface area contributed by atoms with Gasteiger partial charge in [0.2, 0.25) is 0 Å². The molecule has 0 atom stereocenters. The Morgan fingerprint density at radius 2 is 1.53 bits per heavy atom. The van der Waals surface area contributed by atoms with Crippen molar-refractivity contribution in [3.63, 3.8) is 0 Å². The van der Waals surface area contributed by atoms with E-state index in [0.29, 0.717) is 5.92 Å². The van der Waals surface area contributed by atoms with Gasteiger partial charge in [-0.05, 0) is 34.4 Å². The number of phenols is 2. The molecular formula is C17H16O2. The Bertz CT molecular complexity index is 773. The third kappa shape index (κ3) is 1.72. The smallest absolute Gasteiger partial charge is 0.124 e. The normalized spacial score (nSPS) is 11.5. The Hall–Kier alpha value is -2.22. The quantitative estimate of drug-likeness (QED) is 0.625. The predicted octanol–water partition coefficient (Wildman–Crippen LogP) is 4.53. The summed E-state index contributed by atoms with van der Waals surface area (Å²) in [4.78, 5) is 0. The second kappa shape index (κ2) is 4.16. The van der Waals surface area contributed by atoms with Crippen molar-refractivity contribution in [3.05, 3.63) is 48.0 Å². The van der Waals surface area contributed by atoms with Gasteiger partial charge in [-0.2, -0.15) is 0 Å². The van der Waals surface area contributed by atoms with Crippen LogP contribution in [0.3, 0.4) is 0 Å². The number of aromatic hydroxyl groups is 2. The van der Waals surface area contributed by atoms with Gasteiger partial charge in [0.1, 0.15) is 11.5 Å². The molecule has 0 spiro atoms. The van der Waals surface area contributed by atoms with Crippen molar-refractivity contribution in [2.45, 2.75) is 19.8 Å². The van der Waals surface area contributed by atoms with E-state index in [0.717, 1.165) is 21.5 Å². The van der Waals surface area contributed by atoms with Gasteiger partial charge in [0.05, 0.1) is 0 Å². The summed E-state index contributed by atoms with van der Waals surface area (Å²) in [7, 11) is 0. The van der Waals surface area contributed by atoms with Crippen LogP contribution < -0.4 is 0 Å². The van der Waals surface area contributed by atoms with Gasteiger partial charge in [0, 0.05) is 10.8 Å². The van der Waals surface area contributed by atoms with E-state index in [1.54, 1.807) is 12.1 Å². The summed E-state index contributed by atoms with van der Waals surface area (Å²) in [6.07, 6.45) is 0. The lowest BCUT2D eigenvalue weighted by atomic mass is 9.92. The van der Waals surface area contributed by atoms with E-state index in [1.165, 1.54) is 5.56 Å². The summed E-state index contributed by atoms with van der Waals surface area (Å²) in [5, 5.41) is 23.7. The molecule has 19 heavy (non-hydrogen) atoms. The number of phenolic OH excluding ortho intramolecular Hbond substituents is 2. The second-order valence-corrected chi connectivity index (χ2v) is 5.19. The summed E-state index contributed by atoms with van der Waals surface area (Å²) in [6.45, 7) is 4.25. The topological polar surface area (TPSA) is 40.5 Å². The largest absolute Gasteiger partial charge is 0.507 e. The van der Waals surface area contributed by atoms with Gasteiger partial charge in [-0.25, -0.2) is 0 Å². The number of hydrogen-bond donors (Lipinski definition) is 2. The van der Waals surface area contributed by atoms with Crippen LogP contribution in [-0.4, -0.2) is 10.2 Å². The summed E-state index contributed by atoms with van der Waals surface area (Å²) < 4.78 is 0. The van der Waals surface area contributed by atoms with Crippen LogP contribution in [0, 0.1) is 0 Å². The molecule has 3 rings (SSSR count). The van der Waals surface area contributed by atoms with Crippen molar-refractivity contribution in [2.75, 3.05) is 0 Å². The first-order valence-corrected chi connectivity index (χ1v) is 6.46. The van der Waals surface area contributed by atoms with E-state index in [2.05, 4.69) is 13.8 Å². The van der Waals surface area contributed by atoms with Gasteiger partial charge in [-0.15, -0.1) is 0 Å². The molecular weight excluding hydrogens is 236 g/mol. The number of fused-ring (bicyclic) bond motifs is 3. The van der Waals surface area contributed by atoms with Crippen molar-refractivity contribution < 1.29 is 10.2 Å². The van der Waals surface area contributed by atoms with Gasteiger partial charge in [0.15, 0.2) is 0 Å². The maximum absolute atomic E-state index is 10.2. The van der Waals surface area contributed by atoms with Crippen molar-refractivity contribution in [1.82, 2.24) is 0 Å². The first kappa shape index (κ1) is 11.8. The Balaban J connectivity index is 2.58. The zero-order chi connectivity index (χ0) is 13.6. The van der Waals surface area contributed by atoms with Gasteiger partial charge in [0.25, 0.3) is 0 Å². The Morgan fingerprint density at radius 3 is 2.26 bits per heavy atom. The van der Waals surface area contributed by atoms with Crippen LogP contribution >= 0.6 is 0 Å². The molecule has 0 saturated carbocycles. The van der Waals surface area contributed by atoms with Crippen LogP contribution in [0.2, 0.25) is 0 Å². The minimum Gasteiger partial charge on any atom is -0.507 e. The molecule has 0 radical (unpaired) electrons. The van der Waals surface area contributed by atoms with E-state index in [-0.39, 0.29) is 11.5 Å². The Labute approximate surface area is 111 Å². The SMILES string of the molecule is CC(C)c1ccc(O)c2c1ccc1cccc(O)c12. The molecule has 0 bridgehead atoms. The average molecular weight is 252 g/mol. The maximum Gasteiger partial charge on any atom is 0.124 e. The summed E-state index contributed by atoms with van der Waals surface area (Å²) in [5.41, 5.74) is 1.18. The fraction of sp³-hybridized carbons (Fsp3) is 0.176. The zero-order valence-corrected chi connectivity index (χ0v) is 11.0. The van der Waals surface area contributed by atoms with Crippen LogP contribution in [0.4, 0.5) is 0 Å². The number of rotatable bonds is 1. The number of hydrogen-bond acceptors (Lipinski definition) is 2. The third-order valence-corrected chi connectivity index (χ3v) is 3.63. The highest BCUT2D eigenvalue weighted by atomic mass is 16.3. The van der Waals surface area contributed by atoms with Crippen LogP contribution in [0.15, 0.2) is 42.5 Å². The molecule has 0 heterocycles. The molecule has 0 aliphatic rings. The standard InChI is InChI=1S/C17H16O2/c1-10(2)12-8-9-15(19)17-13(12)7-6-11-4-3-5-14(18)16(11)17/h3-10,18-19H,1-2H3. The highest BCUT2D eigenvalue weighted by Crippen LogP contribution is 2.39. The van der Waals surface area contributed by atoms with Crippen molar-refractivity contribution in [2.24, 2.45) is 0 Å². The highest BCUT2D eigenvalue weighted by Gasteiger charge is 2.13. The minimum absolute atomic E-state index is 0.208. The Morgan fingerprint density at radius 1 is 0.789 bits per heavy atom. The van der Waals surface area contributed by atoms with E-state index >= 15 is 0 Å². The van der Waals surface area contributed by atoms with Gasteiger partial charge >= 0.3 is 0 Å². The predicted molar refractivity (Wildman–Crippen MR) is 78.9 cm³/mol. The summed E-state index contributed by atoms with van der Waals surface area (Å²) in [6, 6.07) is 13.1. The molecule has 0 fully saturated rings. The third-order valence-electron chi connectivity index (χ3n) is 3.63. The van der Waals surface area contributed by atoms with Crippen molar-refractivity contribution in [3.8, 4) is 11.5 Å². The van der Waals surface area contributed by atoms with E-state index in [9.17, 15) is 10.2 Å². The van der Waals surface area contributed by atoms with Crippen LogP contribution in [0.1, 0.15) is 25.3 Å². The van der Waals surface area contributed by atoms with E-state index in [1.807, 2.05) is 30.3 Å². The van der Waals surface area contributed by atoms with Crippen molar-refractivity contribution in [1.29, 1.82) is 0 Å². The highest BCUT2D eigenvalue weighted by molar-refractivity contribution is 6.14. The fourth-order valence-electron chi connectivity index (χ4n) is 2.71. The molecule has 2 heteroatoms. The molecule has 0 aromatic heterocycles. The van der Waals surface area contributed by atoms with Crippen LogP contribution in [0.25, 0.3) is 21.5 Å². The maximum atomic E-state index is 10.2. The van der Waals surface area contributed by atoms with E-state index in [4.69, 9.17) is 0 Å². The lowest BCUT2D eigenvalue weighted by Gasteiger charge is -2.14. The molecule has 2 N–H and O–H groups in total. The summed E-state index contributed by atoms with van der Waals surface area (Å²) >= 11 is 0. The molecule has 0 saturated heterocycles. The lowest BCUT2D eigenvalue weighted by Crippen LogP contribution is -1.90. The molecule has 3 aromatic rings. The van der Waals surface area contributed by atoms with Gasteiger partial charge in [-0.1, -0.05) is 44.2 Å². The first-order valence-electron chi connectivity index (χ1n) is 6.46. The molecule has 0 aliphatic heterocycles. The van der Waals surface area contributed by atoms with Crippen LogP contribution in [-0.2, 0) is 0 Å². The Kier molecular flexibility index (Phi) is 2.59. The molecule has 3 aromatic carbocycles. The summed E-state index contributed by atoms with van der Waals surface area (Å²) in [5.74, 6) is 0.789. The molecule has 0 aliphatic carbocycles. The average Bonchev–Trinajstić information content (AvgIpc) is 2.38. The van der Waals surface area contributed by atoms with Gasteiger partial charge in [-0.3, -0.25) is 0 Å². The van der Waals surface area contributed by atoms with Crippen molar-refractivity contribution >= 4 is 21.5 Å². The fourth-order valence-corrected chi connectivity index (χ4v) is 2.71. The lowest BCUT2D eigenvalue weighted by molar-refractivity contribution is 0.477.